The Morgan fingerprint density at radius 3 is 3.17 bits per heavy atom. The van der Waals surface area contributed by atoms with E-state index in [0.29, 0.717) is 6.61 Å². The summed E-state index contributed by atoms with van der Waals surface area (Å²) in [6.45, 7) is 4.42. The van der Waals surface area contributed by atoms with E-state index in [0.717, 1.165) is 35.0 Å². The van der Waals surface area contributed by atoms with Crippen molar-refractivity contribution in [2.24, 2.45) is 5.92 Å². The SMILES string of the molecule is Cc1ccnc2c1[nH]c(=S)n2CCOCC1CC1. The minimum Gasteiger partial charge on any atom is -0.379 e. The molecule has 96 valence electrons. The molecule has 0 aliphatic heterocycles. The minimum absolute atomic E-state index is 0.702. The van der Waals surface area contributed by atoms with Crippen LogP contribution in [0.2, 0.25) is 0 Å². The smallest absolute Gasteiger partial charge is 0.179 e. The molecule has 0 saturated heterocycles. The van der Waals surface area contributed by atoms with E-state index in [2.05, 4.69) is 16.9 Å². The summed E-state index contributed by atoms with van der Waals surface area (Å²) >= 11 is 5.34. The third-order valence-electron chi connectivity index (χ3n) is 3.38. The summed E-state index contributed by atoms with van der Waals surface area (Å²) in [5, 5.41) is 0. The second kappa shape index (κ2) is 4.82. The van der Waals surface area contributed by atoms with Crippen molar-refractivity contribution in [3.63, 3.8) is 0 Å². The highest BCUT2D eigenvalue weighted by Gasteiger charge is 2.21. The molecule has 1 N–H and O–H groups in total. The number of rotatable bonds is 5. The first-order valence-corrected chi connectivity index (χ1v) is 6.78. The number of aryl methyl sites for hydroxylation is 1. The molecule has 18 heavy (non-hydrogen) atoms. The number of hydrogen-bond donors (Lipinski definition) is 1. The van der Waals surface area contributed by atoms with E-state index in [9.17, 15) is 0 Å². The first kappa shape index (κ1) is 11.9. The second-order valence-corrected chi connectivity index (χ2v) is 5.31. The molecule has 1 fully saturated rings. The van der Waals surface area contributed by atoms with Crippen LogP contribution in [0.4, 0.5) is 0 Å². The lowest BCUT2D eigenvalue weighted by molar-refractivity contribution is 0.117. The molecule has 0 amide bonds. The normalized spacial score (nSPS) is 15.4. The number of aromatic nitrogens is 3. The fourth-order valence-electron chi connectivity index (χ4n) is 2.07. The summed E-state index contributed by atoms with van der Waals surface area (Å²) in [5.41, 5.74) is 3.13. The summed E-state index contributed by atoms with van der Waals surface area (Å²) in [4.78, 5) is 7.62. The van der Waals surface area contributed by atoms with Gasteiger partial charge in [-0.3, -0.25) is 4.57 Å². The number of imidazole rings is 1. The van der Waals surface area contributed by atoms with E-state index in [1.54, 1.807) is 0 Å². The first-order valence-electron chi connectivity index (χ1n) is 6.37. The molecule has 1 aliphatic rings. The van der Waals surface area contributed by atoms with Crippen LogP contribution < -0.4 is 0 Å². The Kier molecular flexibility index (Phi) is 3.18. The number of pyridine rings is 1. The molecule has 2 aromatic rings. The summed E-state index contributed by atoms with van der Waals surface area (Å²) in [6, 6.07) is 1.99. The first-order chi connectivity index (χ1) is 8.75. The van der Waals surface area contributed by atoms with Crippen molar-refractivity contribution in [2.75, 3.05) is 13.2 Å². The van der Waals surface area contributed by atoms with Gasteiger partial charge in [0.05, 0.1) is 18.7 Å². The van der Waals surface area contributed by atoms with Crippen molar-refractivity contribution in [1.82, 2.24) is 14.5 Å². The van der Waals surface area contributed by atoms with Gasteiger partial charge in [0.25, 0.3) is 0 Å². The third kappa shape index (κ3) is 2.33. The van der Waals surface area contributed by atoms with Gasteiger partial charge in [0.1, 0.15) is 0 Å². The highest BCUT2D eigenvalue weighted by Crippen LogP contribution is 2.28. The van der Waals surface area contributed by atoms with Crippen molar-refractivity contribution < 1.29 is 4.74 Å². The van der Waals surface area contributed by atoms with Crippen molar-refractivity contribution in [3.05, 3.63) is 22.6 Å². The molecule has 5 heteroatoms. The molecule has 1 saturated carbocycles. The number of nitrogens with zero attached hydrogens (tertiary/aromatic N) is 2. The average molecular weight is 263 g/mol. The summed E-state index contributed by atoms with van der Waals surface area (Å²) < 4.78 is 8.40. The van der Waals surface area contributed by atoms with Gasteiger partial charge in [0, 0.05) is 12.8 Å². The lowest BCUT2D eigenvalue weighted by Gasteiger charge is -2.05. The fourth-order valence-corrected chi connectivity index (χ4v) is 2.35. The quantitative estimate of drug-likeness (QED) is 0.666. The van der Waals surface area contributed by atoms with Crippen molar-refractivity contribution in [1.29, 1.82) is 0 Å². The Bertz CT molecular complexity index is 612. The topological polar surface area (TPSA) is 42.8 Å². The van der Waals surface area contributed by atoms with E-state index in [1.165, 1.54) is 18.4 Å². The van der Waals surface area contributed by atoms with Crippen LogP contribution in [0.25, 0.3) is 11.2 Å². The van der Waals surface area contributed by atoms with Gasteiger partial charge < -0.3 is 9.72 Å². The number of aromatic amines is 1. The Labute approximate surface area is 111 Å². The molecule has 0 atom stereocenters. The largest absolute Gasteiger partial charge is 0.379 e. The molecule has 4 nitrogen and oxygen atoms in total. The van der Waals surface area contributed by atoms with Gasteiger partial charge in [0.15, 0.2) is 10.4 Å². The van der Waals surface area contributed by atoms with Gasteiger partial charge in [-0.1, -0.05) is 0 Å². The van der Waals surface area contributed by atoms with Gasteiger partial charge in [-0.05, 0) is 49.5 Å². The average Bonchev–Trinajstić information content (AvgIpc) is 3.11. The Morgan fingerprint density at radius 1 is 1.56 bits per heavy atom. The Hall–Kier alpha value is -1.20. The predicted molar refractivity (Wildman–Crippen MR) is 73.2 cm³/mol. The number of ether oxygens (including phenoxy) is 1. The van der Waals surface area contributed by atoms with E-state index in [-0.39, 0.29) is 0 Å². The van der Waals surface area contributed by atoms with Gasteiger partial charge in [0.2, 0.25) is 0 Å². The summed E-state index contributed by atoms with van der Waals surface area (Å²) in [5.74, 6) is 0.807. The van der Waals surface area contributed by atoms with E-state index >= 15 is 0 Å². The lowest BCUT2D eigenvalue weighted by Crippen LogP contribution is -2.08. The molecule has 0 radical (unpaired) electrons. The summed E-state index contributed by atoms with van der Waals surface area (Å²) in [6.07, 6.45) is 4.47. The van der Waals surface area contributed by atoms with Crippen LogP contribution in [0.3, 0.4) is 0 Å². The monoisotopic (exact) mass is 263 g/mol. The maximum Gasteiger partial charge on any atom is 0.179 e. The van der Waals surface area contributed by atoms with Crippen LogP contribution >= 0.6 is 12.2 Å². The van der Waals surface area contributed by atoms with Crippen LogP contribution in [0.5, 0.6) is 0 Å². The van der Waals surface area contributed by atoms with Crippen molar-refractivity contribution in [2.45, 2.75) is 26.3 Å². The third-order valence-corrected chi connectivity index (χ3v) is 3.70. The molecule has 2 heterocycles. The van der Waals surface area contributed by atoms with Crippen LogP contribution in [0.1, 0.15) is 18.4 Å². The molecule has 0 aromatic carbocycles. The van der Waals surface area contributed by atoms with Crippen LogP contribution in [0, 0.1) is 17.6 Å². The van der Waals surface area contributed by atoms with E-state index in [1.807, 2.05) is 16.8 Å². The van der Waals surface area contributed by atoms with Crippen LogP contribution in [0.15, 0.2) is 12.3 Å². The molecular weight excluding hydrogens is 246 g/mol. The summed E-state index contributed by atoms with van der Waals surface area (Å²) in [7, 11) is 0. The highest BCUT2D eigenvalue weighted by atomic mass is 32.1. The van der Waals surface area contributed by atoms with E-state index in [4.69, 9.17) is 17.0 Å². The number of H-pyrrole nitrogens is 1. The molecule has 0 unspecified atom stereocenters. The van der Waals surface area contributed by atoms with Crippen molar-refractivity contribution >= 4 is 23.4 Å². The fraction of sp³-hybridized carbons (Fsp3) is 0.538. The zero-order valence-electron chi connectivity index (χ0n) is 10.5. The van der Waals surface area contributed by atoms with Crippen molar-refractivity contribution in [3.8, 4) is 0 Å². The lowest BCUT2D eigenvalue weighted by atomic mass is 10.3. The Balaban J connectivity index is 1.75. The maximum absolute atomic E-state index is 5.66. The molecule has 0 bridgehead atoms. The van der Waals surface area contributed by atoms with Gasteiger partial charge in [-0.25, -0.2) is 4.98 Å². The van der Waals surface area contributed by atoms with Gasteiger partial charge >= 0.3 is 0 Å². The minimum atomic E-state index is 0.702. The molecule has 1 aliphatic carbocycles. The zero-order valence-corrected chi connectivity index (χ0v) is 11.3. The molecular formula is C13H17N3OS. The molecule has 3 rings (SSSR count). The molecule has 2 aromatic heterocycles. The van der Waals surface area contributed by atoms with Gasteiger partial charge in [-0.15, -0.1) is 0 Å². The van der Waals surface area contributed by atoms with Gasteiger partial charge in [-0.2, -0.15) is 0 Å². The maximum atomic E-state index is 5.66. The number of hydrogen-bond acceptors (Lipinski definition) is 3. The van der Waals surface area contributed by atoms with Crippen LogP contribution in [-0.2, 0) is 11.3 Å². The second-order valence-electron chi connectivity index (χ2n) is 4.93. The van der Waals surface area contributed by atoms with E-state index < -0.39 is 0 Å². The zero-order chi connectivity index (χ0) is 12.5. The Morgan fingerprint density at radius 2 is 2.39 bits per heavy atom. The van der Waals surface area contributed by atoms with Crippen LogP contribution in [-0.4, -0.2) is 27.7 Å². The number of nitrogens with one attached hydrogen (secondary N) is 1. The standard InChI is InChI=1S/C13H17N3OS/c1-9-4-5-14-12-11(9)15-13(18)16(12)6-7-17-8-10-2-3-10/h4-5,10H,2-3,6-8H2,1H3,(H,15,18). The molecule has 0 spiro atoms. The predicted octanol–water partition coefficient (Wildman–Crippen LogP) is 2.83. The number of fused-ring (bicyclic) bond motifs is 1. The highest BCUT2D eigenvalue weighted by molar-refractivity contribution is 7.71.